The van der Waals surface area contributed by atoms with E-state index in [9.17, 15) is 0 Å². The third kappa shape index (κ3) is 6.40. The lowest BCUT2D eigenvalue weighted by atomic mass is 9.63. The van der Waals surface area contributed by atoms with E-state index in [0.29, 0.717) is 17.2 Å². The van der Waals surface area contributed by atoms with E-state index in [-0.39, 0.29) is 27.4 Å². The first-order valence-electron chi connectivity index (χ1n) is 13.7. The van der Waals surface area contributed by atoms with Gasteiger partial charge in [0.2, 0.25) is 5.75 Å². The molecule has 0 atom stereocenters. The number of halogens is 1. The second-order valence-corrected chi connectivity index (χ2v) is 14.3. The predicted molar refractivity (Wildman–Crippen MR) is 171 cm³/mol. The molecule has 0 unspecified atom stereocenters. The molecule has 1 saturated heterocycles. The van der Waals surface area contributed by atoms with Crippen LogP contribution in [0.2, 0.25) is 0 Å². The lowest BCUT2D eigenvalue weighted by molar-refractivity contribution is 0.0751. The van der Waals surface area contributed by atoms with Crippen LogP contribution in [-0.2, 0) is 9.49 Å². The molecule has 0 amide bonds. The molecule has 1 saturated carbocycles. The maximum Gasteiger partial charge on any atom is 0.203 e. The van der Waals surface area contributed by atoms with Crippen LogP contribution in [0, 0.1) is 0 Å². The third-order valence-corrected chi connectivity index (χ3v) is 12.0. The molecule has 9 heteroatoms. The Morgan fingerprint density at radius 2 is 1.30 bits per heavy atom. The number of rotatable bonds is 12. The normalized spacial score (nSPS) is 17.8. The van der Waals surface area contributed by atoms with Crippen molar-refractivity contribution in [1.29, 1.82) is 0 Å². The van der Waals surface area contributed by atoms with Crippen LogP contribution < -0.4 is 23.7 Å². The smallest absolute Gasteiger partial charge is 0.203 e. The zero-order chi connectivity index (χ0) is 28.3. The Labute approximate surface area is 255 Å². The lowest BCUT2D eigenvalue weighted by Crippen LogP contribution is -2.53. The van der Waals surface area contributed by atoms with Gasteiger partial charge in [-0.3, -0.25) is 0 Å². The largest absolute Gasteiger partial charge is 0.493 e. The van der Waals surface area contributed by atoms with Crippen molar-refractivity contribution in [3.63, 3.8) is 0 Å². The van der Waals surface area contributed by atoms with Gasteiger partial charge < -0.3 is 28.6 Å². The van der Waals surface area contributed by atoms with Crippen molar-refractivity contribution in [3.05, 3.63) is 41.5 Å². The predicted octanol–water partition coefficient (Wildman–Crippen LogP) is 7.40. The number of hydrogen-bond donors (Lipinski definition) is 0. The molecule has 0 bridgehead atoms. The molecule has 4 rings (SSSR count). The van der Waals surface area contributed by atoms with Gasteiger partial charge in [0.15, 0.2) is 23.0 Å². The number of thioether (sulfide) groups is 2. The summed E-state index contributed by atoms with van der Waals surface area (Å²) in [6.45, 7) is 5.78. The molecule has 2 fully saturated rings. The van der Waals surface area contributed by atoms with E-state index in [1.807, 2.05) is 6.07 Å². The quantitative estimate of drug-likeness (QED) is 0.246. The van der Waals surface area contributed by atoms with Crippen LogP contribution in [0.5, 0.6) is 28.7 Å². The lowest BCUT2D eigenvalue weighted by Gasteiger charge is -2.51. The molecule has 1 aliphatic carbocycles. The minimum Gasteiger partial charge on any atom is -0.493 e. The molecule has 0 radical (unpaired) electrons. The zero-order valence-electron chi connectivity index (χ0n) is 25.3. The Bertz CT molecular complexity index is 1110. The van der Waals surface area contributed by atoms with Crippen molar-refractivity contribution < 1.29 is 23.7 Å². The van der Waals surface area contributed by atoms with E-state index >= 15 is 0 Å². The maximum absolute atomic E-state index is 5.75. The van der Waals surface area contributed by atoms with Crippen LogP contribution in [0.15, 0.2) is 30.3 Å². The van der Waals surface area contributed by atoms with Crippen LogP contribution >= 0.6 is 35.9 Å². The van der Waals surface area contributed by atoms with Crippen molar-refractivity contribution in [3.8, 4) is 28.7 Å². The molecule has 0 spiro atoms. The number of methoxy groups -OCH3 is 5. The number of hydrogen-bond acceptors (Lipinski definition) is 8. The minimum absolute atomic E-state index is 0. The monoisotopic (exact) mass is 611 g/mol. The van der Waals surface area contributed by atoms with Crippen molar-refractivity contribution >= 4 is 35.9 Å². The first-order valence-corrected chi connectivity index (χ1v) is 15.7. The molecule has 40 heavy (non-hydrogen) atoms. The van der Waals surface area contributed by atoms with E-state index < -0.39 is 0 Å². The Balaban J connectivity index is 0.00000441. The first-order chi connectivity index (χ1) is 18.7. The molecular formula is C31H46ClNO5S2. The number of likely N-dealkylation sites (N-methyl/N-ethyl adjacent to an activating group) is 1. The highest BCUT2D eigenvalue weighted by Gasteiger charge is 2.46. The van der Waals surface area contributed by atoms with Crippen molar-refractivity contribution in [2.24, 2.45) is 0 Å². The van der Waals surface area contributed by atoms with E-state index in [2.05, 4.69) is 73.6 Å². The number of ether oxygens (including phenoxy) is 5. The van der Waals surface area contributed by atoms with E-state index in [4.69, 9.17) is 23.7 Å². The van der Waals surface area contributed by atoms with Crippen molar-refractivity contribution in [2.45, 2.75) is 61.0 Å². The second kappa shape index (κ2) is 13.6. The highest BCUT2D eigenvalue weighted by molar-refractivity contribution is 8.18. The first kappa shape index (κ1) is 32.9. The summed E-state index contributed by atoms with van der Waals surface area (Å²) >= 11 is 4.11. The van der Waals surface area contributed by atoms with Crippen LogP contribution in [-0.4, -0.2) is 71.1 Å². The summed E-state index contributed by atoms with van der Waals surface area (Å²) in [7, 11) is 10.7. The third-order valence-electron chi connectivity index (χ3n) is 8.61. The average Bonchev–Trinajstić information content (AvgIpc) is 2.93. The molecule has 2 aliphatic rings. The fourth-order valence-corrected chi connectivity index (χ4v) is 9.66. The van der Waals surface area contributed by atoms with E-state index in [0.717, 1.165) is 36.0 Å². The van der Waals surface area contributed by atoms with Crippen LogP contribution in [0.1, 0.15) is 57.1 Å². The van der Waals surface area contributed by atoms with E-state index in [1.54, 1.807) is 35.5 Å². The fraction of sp³-hybridized carbons (Fsp3) is 0.613. The fourth-order valence-electron chi connectivity index (χ4n) is 5.93. The van der Waals surface area contributed by atoms with Gasteiger partial charge in [0.05, 0.1) is 39.6 Å². The van der Waals surface area contributed by atoms with E-state index in [1.165, 1.54) is 36.8 Å². The molecule has 2 aromatic carbocycles. The molecule has 0 N–H and O–H groups in total. The second-order valence-electron chi connectivity index (χ2n) is 11.3. The van der Waals surface area contributed by atoms with Gasteiger partial charge in [0.1, 0.15) is 0 Å². The Kier molecular flexibility index (Phi) is 11.2. The molecule has 1 heterocycles. The van der Waals surface area contributed by atoms with Gasteiger partial charge in [0, 0.05) is 17.5 Å². The van der Waals surface area contributed by atoms with Crippen LogP contribution in [0.4, 0.5) is 0 Å². The summed E-state index contributed by atoms with van der Waals surface area (Å²) in [6, 6.07) is 10.8. The van der Waals surface area contributed by atoms with Gasteiger partial charge in [-0.2, -0.15) is 0 Å². The highest BCUT2D eigenvalue weighted by Crippen LogP contribution is 2.58. The Hall–Kier alpha value is -1.61. The van der Waals surface area contributed by atoms with Crippen LogP contribution in [0.3, 0.4) is 0 Å². The molecule has 224 valence electrons. The zero-order valence-corrected chi connectivity index (χ0v) is 27.7. The molecule has 0 aromatic heterocycles. The van der Waals surface area contributed by atoms with Gasteiger partial charge in [-0.1, -0.05) is 12.5 Å². The summed E-state index contributed by atoms with van der Waals surface area (Å²) in [4.78, 5) is 2.58. The van der Waals surface area contributed by atoms with Crippen molar-refractivity contribution in [1.82, 2.24) is 4.90 Å². The summed E-state index contributed by atoms with van der Waals surface area (Å²) in [5, 5.41) is 0. The SMILES string of the molecule is COc1ccc(C2(CN(C)C(C)(C)CC3(c4cc(OC)c(OC)c(OC)c4)SCCCS3)CCC2)cc1OC.Cl. The number of nitrogens with zero attached hydrogens (tertiary/aromatic N) is 1. The van der Waals surface area contributed by atoms with Crippen molar-refractivity contribution in [2.75, 3.05) is 60.6 Å². The van der Waals surface area contributed by atoms with Gasteiger partial charge in [0.25, 0.3) is 0 Å². The molecule has 1 aliphatic heterocycles. The summed E-state index contributed by atoms with van der Waals surface area (Å²) in [5.41, 5.74) is 2.64. The summed E-state index contributed by atoms with van der Waals surface area (Å²) in [6.07, 6.45) is 5.84. The molecular weight excluding hydrogens is 566 g/mol. The highest BCUT2D eigenvalue weighted by atomic mass is 35.5. The van der Waals surface area contributed by atoms with Gasteiger partial charge in [-0.15, -0.1) is 35.9 Å². The Morgan fingerprint density at radius 3 is 1.77 bits per heavy atom. The minimum atomic E-state index is -0.112. The topological polar surface area (TPSA) is 49.4 Å². The maximum atomic E-state index is 5.75. The van der Waals surface area contributed by atoms with Gasteiger partial charge in [-0.25, -0.2) is 0 Å². The van der Waals surface area contributed by atoms with Crippen LogP contribution in [0.25, 0.3) is 0 Å². The molecule has 2 aromatic rings. The summed E-state index contributed by atoms with van der Waals surface area (Å²) in [5.74, 6) is 5.93. The van der Waals surface area contributed by atoms with Gasteiger partial charge in [-0.05, 0) is 93.5 Å². The standard InChI is InChI=1S/C31H45NO5S2.ClH/c1-29(2,32(3)21-30(13-9-14-30)22-11-12-24(33-4)25(17-22)34-5)20-31(38-15-10-16-39-31)23-18-26(35-6)28(37-8)27(19-23)36-7;/h11-12,17-19H,9-10,13-16,20-21H2,1-8H3;1H. The average molecular weight is 612 g/mol. The molecule has 6 nitrogen and oxygen atoms in total. The van der Waals surface area contributed by atoms with Gasteiger partial charge >= 0.3 is 0 Å². The number of benzene rings is 2. The summed E-state index contributed by atoms with van der Waals surface area (Å²) < 4.78 is 28.2. The Morgan fingerprint density at radius 1 is 0.750 bits per heavy atom.